The van der Waals surface area contributed by atoms with Crippen LogP contribution in [0.3, 0.4) is 0 Å². The van der Waals surface area contributed by atoms with E-state index < -0.39 is 10.4 Å². The summed E-state index contributed by atoms with van der Waals surface area (Å²) in [4.78, 5) is 0. The van der Waals surface area contributed by atoms with Crippen LogP contribution in [0.5, 0.6) is 0 Å². The molecule has 0 aromatic heterocycles. The van der Waals surface area contributed by atoms with Crippen LogP contribution >= 0.6 is 0 Å². The van der Waals surface area contributed by atoms with E-state index in [1.807, 2.05) is 0 Å². The van der Waals surface area contributed by atoms with Gasteiger partial charge in [0.15, 0.2) is 0 Å². The molecule has 0 spiro atoms. The van der Waals surface area contributed by atoms with Gasteiger partial charge in [-0.1, -0.05) is 20.3 Å². The van der Waals surface area contributed by atoms with Crippen molar-refractivity contribution >= 4 is 10.4 Å². The van der Waals surface area contributed by atoms with Crippen molar-refractivity contribution in [2.24, 2.45) is 0 Å². The first-order chi connectivity index (χ1) is 3.97. The topological polar surface area (TPSA) is 98.6 Å². The van der Waals surface area contributed by atoms with Crippen molar-refractivity contribution in [1.29, 1.82) is 0 Å². The van der Waals surface area contributed by atoms with Gasteiger partial charge >= 0.3 is 10.4 Å². The van der Waals surface area contributed by atoms with Crippen molar-refractivity contribution in [2.45, 2.75) is 20.3 Å². The van der Waals surface area contributed by atoms with Gasteiger partial charge in [0.2, 0.25) is 0 Å². The summed E-state index contributed by atoms with van der Waals surface area (Å²) in [5.74, 6) is 0. The molecule has 10 heavy (non-hydrogen) atoms. The minimum Gasteiger partial charge on any atom is -0.344 e. The monoisotopic (exact) mass is 173 g/mol. The molecule has 0 heterocycles. The van der Waals surface area contributed by atoms with Gasteiger partial charge in [0.05, 0.1) is 7.11 Å². The third-order valence-corrected chi connectivity index (χ3v) is 0.632. The summed E-state index contributed by atoms with van der Waals surface area (Å²) in [6.45, 7) is 4.25. The van der Waals surface area contributed by atoms with Crippen molar-refractivity contribution in [1.82, 2.24) is 6.15 Å². The lowest BCUT2D eigenvalue weighted by Crippen LogP contribution is -1.96. The Hall–Kier alpha value is -0.170. The summed E-state index contributed by atoms with van der Waals surface area (Å²) in [6.07, 6.45) is 1.25. The second-order valence-corrected chi connectivity index (χ2v) is 2.49. The quantitative estimate of drug-likeness (QED) is 0.576. The minimum absolute atomic E-state index is 0. The van der Waals surface area contributed by atoms with Gasteiger partial charge in [-0.2, -0.15) is 8.42 Å². The fraction of sp³-hybridized carbons (Fsp3) is 1.00. The average Bonchev–Trinajstić information content (AvgIpc) is 1.67. The van der Waals surface area contributed by atoms with Crippen LogP contribution in [-0.4, -0.2) is 20.1 Å². The van der Waals surface area contributed by atoms with Crippen LogP contribution in [0.1, 0.15) is 20.3 Å². The number of hydrogen-bond acceptors (Lipinski definition) is 4. The lowest BCUT2D eigenvalue weighted by atomic mass is 10.6. The zero-order chi connectivity index (χ0) is 7.91. The molecule has 0 aliphatic carbocycles. The van der Waals surface area contributed by atoms with E-state index in [1.54, 1.807) is 0 Å². The van der Waals surface area contributed by atoms with Gasteiger partial charge in [-0.15, -0.1) is 0 Å². The molecule has 0 saturated carbocycles. The molecular weight excluding hydrogens is 158 g/mol. The van der Waals surface area contributed by atoms with Crippen LogP contribution in [0, 0.1) is 0 Å². The first kappa shape index (κ1) is 16.4. The number of hydrogen-bond donors (Lipinski definition) is 2. The molecule has 0 radical (unpaired) electrons. The molecule has 0 bridgehead atoms. The van der Waals surface area contributed by atoms with E-state index in [1.165, 1.54) is 6.42 Å². The highest BCUT2D eigenvalue weighted by molar-refractivity contribution is 7.80. The molecule has 0 amide bonds. The SMILES string of the molecule is CCC.COS(=O)(=O)O.N. The van der Waals surface area contributed by atoms with E-state index in [-0.39, 0.29) is 6.15 Å². The molecule has 0 unspecified atom stereocenters. The fourth-order valence-electron chi connectivity index (χ4n) is 0. The molecular formula is C4H15NO4S. The summed E-state index contributed by atoms with van der Waals surface area (Å²) >= 11 is 0. The van der Waals surface area contributed by atoms with Gasteiger partial charge in [0.1, 0.15) is 0 Å². The molecule has 4 N–H and O–H groups in total. The number of rotatable bonds is 1. The Balaban J connectivity index is -0.000000107. The lowest BCUT2D eigenvalue weighted by molar-refractivity contribution is 0.324. The van der Waals surface area contributed by atoms with Gasteiger partial charge < -0.3 is 6.15 Å². The van der Waals surface area contributed by atoms with Crippen molar-refractivity contribution < 1.29 is 17.2 Å². The van der Waals surface area contributed by atoms with Gasteiger partial charge in [0.25, 0.3) is 0 Å². The van der Waals surface area contributed by atoms with Gasteiger partial charge in [-0.05, 0) is 0 Å². The molecule has 0 aliphatic heterocycles. The van der Waals surface area contributed by atoms with Crippen LogP contribution in [0.15, 0.2) is 0 Å². The smallest absolute Gasteiger partial charge is 0.344 e. The summed E-state index contributed by atoms with van der Waals surface area (Å²) in [7, 11) is -3.29. The maximum absolute atomic E-state index is 9.33. The van der Waals surface area contributed by atoms with Crippen LogP contribution in [0.2, 0.25) is 0 Å². The maximum atomic E-state index is 9.33. The Labute approximate surface area is 61.9 Å². The largest absolute Gasteiger partial charge is 0.397 e. The summed E-state index contributed by atoms with van der Waals surface area (Å²) in [6, 6.07) is 0. The normalized spacial score (nSPS) is 8.80. The minimum atomic E-state index is -4.16. The summed E-state index contributed by atoms with van der Waals surface area (Å²) in [5.41, 5.74) is 0. The molecule has 0 aromatic rings. The second kappa shape index (κ2) is 8.83. The molecule has 0 atom stereocenters. The predicted molar refractivity (Wildman–Crippen MR) is 39.5 cm³/mol. The highest BCUT2D eigenvalue weighted by Crippen LogP contribution is 1.74. The molecule has 0 aliphatic rings. The van der Waals surface area contributed by atoms with Crippen molar-refractivity contribution in [3.63, 3.8) is 0 Å². The van der Waals surface area contributed by atoms with Crippen molar-refractivity contribution in [3.05, 3.63) is 0 Å². The Morgan fingerprint density at radius 1 is 1.40 bits per heavy atom. The second-order valence-electron chi connectivity index (χ2n) is 1.30. The molecule has 0 fully saturated rings. The highest BCUT2D eigenvalue weighted by atomic mass is 32.3. The molecule has 5 nitrogen and oxygen atoms in total. The van der Waals surface area contributed by atoms with Gasteiger partial charge in [-0.3, -0.25) is 8.74 Å². The fourth-order valence-corrected chi connectivity index (χ4v) is 0. The standard InChI is InChI=1S/C3H8.CH4O4S.H3N/c1-3-2;1-5-6(2,3)4;/h3H2,1-2H3;1H3,(H,2,3,4);1H3. The zero-order valence-corrected chi connectivity index (χ0v) is 7.31. The molecule has 0 aromatic carbocycles. The van der Waals surface area contributed by atoms with E-state index in [9.17, 15) is 8.42 Å². The van der Waals surface area contributed by atoms with Gasteiger partial charge in [-0.25, -0.2) is 0 Å². The van der Waals surface area contributed by atoms with Crippen molar-refractivity contribution in [3.8, 4) is 0 Å². The Kier molecular flexibility index (Phi) is 14.5. The third-order valence-electron chi connectivity index (χ3n) is 0.211. The maximum Gasteiger partial charge on any atom is 0.397 e. The van der Waals surface area contributed by atoms with Crippen LogP contribution in [0.25, 0.3) is 0 Å². The summed E-state index contributed by atoms with van der Waals surface area (Å²) in [5, 5.41) is 0. The predicted octanol–water partition coefficient (Wildman–Crippen LogP) is 1.01. The molecule has 66 valence electrons. The van der Waals surface area contributed by atoms with Crippen LogP contribution < -0.4 is 6.15 Å². The van der Waals surface area contributed by atoms with E-state index in [0.717, 1.165) is 7.11 Å². The van der Waals surface area contributed by atoms with E-state index in [2.05, 4.69) is 18.0 Å². The molecule has 0 rings (SSSR count). The Bertz CT molecular complexity index is 130. The van der Waals surface area contributed by atoms with E-state index in [0.29, 0.717) is 0 Å². The highest BCUT2D eigenvalue weighted by Gasteiger charge is 1.93. The Morgan fingerprint density at radius 3 is 1.50 bits per heavy atom. The first-order valence-corrected chi connectivity index (χ1v) is 3.87. The Morgan fingerprint density at radius 2 is 1.50 bits per heavy atom. The van der Waals surface area contributed by atoms with Crippen LogP contribution in [0.4, 0.5) is 0 Å². The van der Waals surface area contributed by atoms with E-state index >= 15 is 0 Å². The van der Waals surface area contributed by atoms with Crippen molar-refractivity contribution in [2.75, 3.05) is 7.11 Å². The van der Waals surface area contributed by atoms with E-state index in [4.69, 9.17) is 4.55 Å². The average molecular weight is 173 g/mol. The lowest BCUT2D eigenvalue weighted by Gasteiger charge is -1.82. The molecule has 0 saturated heterocycles. The van der Waals surface area contributed by atoms with Crippen LogP contribution in [-0.2, 0) is 14.6 Å². The zero-order valence-electron chi connectivity index (χ0n) is 6.49. The summed E-state index contributed by atoms with van der Waals surface area (Å²) < 4.78 is 29.7. The molecule has 6 heteroatoms. The third kappa shape index (κ3) is 45.6. The van der Waals surface area contributed by atoms with Gasteiger partial charge in [0, 0.05) is 0 Å². The first-order valence-electron chi connectivity index (χ1n) is 2.51.